The summed E-state index contributed by atoms with van der Waals surface area (Å²) in [6, 6.07) is 0.322. The molecule has 0 aromatic carbocycles. The van der Waals surface area contributed by atoms with E-state index < -0.39 is 6.23 Å². The molecule has 0 saturated carbocycles. The number of nitrogens with two attached hydrogens (primary N) is 1. The van der Waals surface area contributed by atoms with Crippen molar-refractivity contribution in [2.45, 2.75) is 65.6 Å². The van der Waals surface area contributed by atoms with E-state index in [1.165, 1.54) is 11.3 Å². The van der Waals surface area contributed by atoms with E-state index in [1.807, 2.05) is 7.11 Å². The molecule has 4 unspecified atom stereocenters. The van der Waals surface area contributed by atoms with Crippen LogP contribution in [0.2, 0.25) is 0 Å². The van der Waals surface area contributed by atoms with Crippen LogP contribution in [-0.4, -0.2) is 24.5 Å². The second-order valence-electron chi connectivity index (χ2n) is 8.97. The van der Waals surface area contributed by atoms with Gasteiger partial charge in [-0.25, -0.2) is 0 Å². The molecule has 0 aromatic heterocycles. The first-order chi connectivity index (χ1) is 12.3. The molecule has 0 spiro atoms. The third-order valence-corrected chi connectivity index (χ3v) is 6.53. The van der Waals surface area contributed by atoms with Crippen molar-refractivity contribution in [2.75, 3.05) is 7.11 Å². The molecule has 146 valence electrons. The van der Waals surface area contributed by atoms with E-state index in [-0.39, 0.29) is 0 Å². The molecular formula is C22H36N2O2. The normalized spacial score (nSPS) is 36.7. The van der Waals surface area contributed by atoms with E-state index in [2.05, 4.69) is 45.2 Å². The third kappa shape index (κ3) is 3.72. The lowest BCUT2D eigenvalue weighted by Crippen LogP contribution is -2.33. The highest BCUT2D eigenvalue weighted by Gasteiger charge is 2.40. The van der Waals surface area contributed by atoms with Gasteiger partial charge in [0.15, 0.2) is 0 Å². The Morgan fingerprint density at radius 3 is 2.62 bits per heavy atom. The SMILES string of the molecule is COC1=C(C(C)C)CC(/C=C2/C(O)NC3CC=C(N)C[C@@H]23)CC1C(C)C. The highest BCUT2D eigenvalue weighted by Crippen LogP contribution is 2.44. The molecule has 2 aliphatic carbocycles. The first-order valence-electron chi connectivity index (χ1n) is 10.2. The van der Waals surface area contributed by atoms with Gasteiger partial charge in [-0.3, -0.25) is 5.32 Å². The zero-order valence-corrected chi connectivity index (χ0v) is 17.0. The van der Waals surface area contributed by atoms with Gasteiger partial charge in [0.05, 0.1) is 12.9 Å². The minimum atomic E-state index is -0.530. The van der Waals surface area contributed by atoms with Gasteiger partial charge in [0, 0.05) is 23.6 Å². The highest BCUT2D eigenvalue weighted by atomic mass is 16.5. The van der Waals surface area contributed by atoms with Crippen molar-refractivity contribution in [3.05, 3.63) is 34.8 Å². The summed E-state index contributed by atoms with van der Waals surface area (Å²) in [5, 5.41) is 14.0. The smallest absolute Gasteiger partial charge is 0.127 e. The molecule has 4 heteroatoms. The molecular weight excluding hydrogens is 324 g/mol. The molecule has 3 rings (SSSR count). The zero-order chi connectivity index (χ0) is 19.0. The lowest BCUT2D eigenvalue weighted by atomic mass is 9.72. The van der Waals surface area contributed by atoms with Crippen molar-refractivity contribution < 1.29 is 9.84 Å². The standard InChI is InChI=1S/C22H36N2O2/c1-12(2)16-8-14(9-17(13(3)4)21(16)26-5)10-19-18-11-15(23)6-7-20(18)24-22(19)25/h6,10,12-14,16,18,20,22,24-25H,7-9,11,23H2,1-5H3/b19-10+/t14?,16?,18-,20?,22?/m0/s1. The monoisotopic (exact) mass is 360 g/mol. The number of hydrogen-bond acceptors (Lipinski definition) is 4. The first kappa shape index (κ1) is 19.5. The molecule has 1 aliphatic heterocycles. The summed E-state index contributed by atoms with van der Waals surface area (Å²) in [5.74, 6) is 3.48. The maximum absolute atomic E-state index is 10.6. The summed E-state index contributed by atoms with van der Waals surface area (Å²) < 4.78 is 5.85. The van der Waals surface area contributed by atoms with Gasteiger partial charge in [0.25, 0.3) is 0 Å². The van der Waals surface area contributed by atoms with Crippen LogP contribution in [0, 0.1) is 29.6 Å². The number of hydrogen-bond donors (Lipinski definition) is 3. The van der Waals surface area contributed by atoms with Crippen molar-refractivity contribution in [1.82, 2.24) is 5.32 Å². The molecule has 0 amide bonds. The summed E-state index contributed by atoms with van der Waals surface area (Å²) >= 11 is 0. The minimum absolute atomic E-state index is 0.322. The van der Waals surface area contributed by atoms with Crippen molar-refractivity contribution in [1.29, 1.82) is 0 Å². The second-order valence-corrected chi connectivity index (χ2v) is 8.97. The predicted molar refractivity (Wildman–Crippen MR) is 106 cm³/mol. The van der Waals surface area contributed by atoms with Crippen LogP contribution in [0.1, 0.15) is 53.4 Å². The van der Waals surface area contributed by atoms with Crippen LogP contribution in [0.15, 0.2) is 34.8 Å². The number of rotatable bonds is 4. The van der Waals surface area contributed by atoms with E-state index >= 15 is 0 Å². The van der Waals surface area contributed by atoms with Crippen molar-refractivity contribution in [2.24, 2.45) is 35.3 Å². The van der Waals surface area contributed by atoms with E-state index in [0.717, 1.165) is 37.0 Å². The number of aliphatic hydroxyl groups is 1. The molecule has 1 saturated heterocycles. The largest absolute Gasteiger partial charge is 0.501 e. The number of methoxy groups -OCH3 is 1. The molecule has 0 radical (unpaired) electrons. The van der Waals surface area contributed by atoms with Crippen LogP contribution in [-0.2, 0) is 4.74 Å². The fourth-order valence-corrected chi connectivity index (χ4v) is 5.09. The molecule has 4 N–H and O–H groups in total. The number of allylic oxidation sites excluding steroid dienone is 4. The van der Waals surface area contributed by atoms with Gasteiger partial charge in [0.2, 0.25) is 0 Å². The Morgan fingerprint density at radius 2 is 2.00 bits per heavy atom. The van der Waals surface area contributed by atoms with Crippen LogP contribution >= 0.6 is 0 Å². The molecule has 0 bridgehead atoms. The lowest BCUT2D eigenvalue weighted by Gasteiger charge is -2.36. The summed E-state index contributed by atoms with van der Waals surface area (Å²) in [6.45, 7) is 9.09. The zero-order valence-electron chi connectivity index (χ0n) is 17.0. The maximum atomic E-state index is 10.6. The third-order valence-electron chi connectivity index (χ3n) is 6.53. The van der Waals surface area contributed by atoms with Gasteiger partial charge in [-0.15, -0.1) is 0 Å². The molecule has 26 heavy (non-hydrogen) atoms. The Bertz CT molecular complexity index is 618. The lowest BCUT2D eigenvalue weighted by molar-refractivity contribution is 0.169. The average Bonchev–Trinajstić information content (AvgIpc) is 2.89. The van der Waals surface area contributed by atoms with Crippen LogP contribution in [0.4, 0.5) is 0 Å². The van der Waals surface area contributed by atoms with Crippen molar-refractivity contribution in [3.8, 4) is 0 Å². The number of aliphatic hydroxyl groups excluding tert-OH is 1. The van der Waals surface area contributed by atoms with Gasteiger partial charge in [-0.1, -0.05) is 39.8 Å². The predicted octanol–water partition coefficient (Wildman–Crippen LogP) is 3.69. The Balaban J connectivity index is 1.88. The Labute approximate surface area is 158 Å². The van der Waals surface area contributed by atoms with E-state index in [0.29, 0.717) is 35.6 Å². The molecule has 3 aliphatic rings. The van der Waals surface area contributed by atoms with Crippen LogP contribution in [0.3, 0.4) is 0 Å². The molecule has 4 nitrogen and oxygen atoms in total. The minimum Gasteiger partial charge on any atom is -0.501 e. The average molecular weight is 361 g/mol. The Kier molecular flexibility index (Phi) is 5.83. The number of fused-ring (bicyclic) bond motifs is 1. The molecule has 5 atom stereocenters. The summed E-state index contributed by atoms with van der Waals surface area (Å²) in [6.07, 6.45) is 7.83. The van der Waals surface area contributed by atoms with E-state index in [9.17, 15) is 5.11 Å². The quantitative estimate of drug-likeness (QED) is 0.669. The van der Waals surface area contributed by atoms with Gasteiger partial charge in [-0.2, -0.15) is 0 Å². The molecule has 0 aromatic rings. The molecule has 1 heterocycles. The van der Waals surface area contributed by atoms with Crippen LogP contribution < -0.4 is 11.1 Å². The van der Waals surface area contributed by atoms with Gasteiger partial charge in [-0.05, 0) is 54.6 Å². The van der Waals surface area contributed by atoms with Gasteiger partial charge < -0.3 is 15.6 Å². The number of ether oxygens (including phenoxy) is 1. The van der Waals surface area contributed by atoms with Crippen LogP contribution in [0.25, 0.3) is 0 Å². The summed E-state index contributed by atoms with van der Waals surface area (Å²) in [7, 11) is 1.82. The van der Waals surface area contributed by atoms with Crippen molar-refractivity contribution >= 4 is 0 Å². The maximum Gasteiger partial charge on any atom is 0.127 e. The molecule has 1 fully saturated rings. The van der Waals surface area contributed by atoms with Gasteiger partial charge >= 0.3 is 0 Å². The van der Waals surface area contributed by atoms with Crippen molar-refractivity contribution in [3.63, 3.8) is 0 Å². The Morgan fingerprint density at radius 1 is 1.27 bits per heavy atom. The second kappa shape index (κ2) is 7.77. The summed E-state index contributed by atoms with van der Waals surface area (Å²) in [4.78, 5) is 0. The topological polar surface area (TPSA) is 67.5 Å². The fraction of sp³-hybridized carbons (Fsp3) is 0.727. The van der Waals surface area contributed by atoms with Crippen LogP contribution in [0.5, 0.6) is 0 Å². The number of nitrogens with one attached hydrogen (secondary N) is 1. The summed E-state index contributed by atoms with van der Waals surface area (Å²) in [5.41, 5.74) is 9.65. The Hall–Kier alpha value is -1.26. The highest BCUT2D eigenvalue weighted by molar-refractivity contribution is 5.29. The first-order valence-corrected chi connectivity index (χ1v) is 10.2. The fourth-order valence-electron chi connectivity index (χ4n) is 5.09. The van der Waals surface area contributed by atoms with E-state index in [1.54, 1.807) is 0 Å². The van der Waals surface area contributed by atoms with E-state index in [4.69, 9.17) is 10.5 Å². The van der Waals surface area contributed by atoms with Gasteiger partial charge in [0.1, 0.15) is 6.23 Å².